The third-order valence-electron chi connectivity index (χ3n) is 0. The van der Waals surface area contributed by atoms with Crippen molar-refractivity contribution in [1.82, 2.24) is 0 Å². The van der Waals surface area contributed by atoms with E-state index in [2.05, 4.69) is 0 Å². The molecule has 0 amide bonds. The van der Waals surface area contributed by atoms with Gasteiger partial charge in [-0.25, -0.2) is 0 Å². The largest absolute Gasteiger partial charge is 0.673 e. The monoisotopic (exact) mass is 323 g/mol. The molecule has 0 rings (SSSR count). The average molecular weight is 323 g/mol. The van der Waals surface area contributed by atoms with E-state index in [0.29, 0.717) is 0 Å². The standard InChI is InChI=1S/3BF4.ClH.Mg.2H/c3*2-1(3,4)5;;;;/h;;;1H;;;/q3*-1;;;;. The molecule has 0 aliphatic heterocycles. The Balaban J connectivity index is -0.0000000400. The second-order valence-electron chi connectivity index (χ2n) is 1.48. The fourth-order valence-corrected chi connectivity index (χ4v) is 0. The third kappa shape index (κ3) is 20200. The summed E-state index contributed by atoms with van der Waals surface area (Å²) in [6.45, 7) is 0. The van der Waals surface area contributed by atoms with Crippen molar-refractivity contribution in [2.45, 2.75) is 0 Å². The zero-order chi connectivity index (χ0) is 13.5. The van der Waals surface area contributed by atoms with E-state index in [1.165, 1.54) is 0 Å². The molecule has 0 unspecified atom stereocenters. The van der Waals surface area contributed by atoms with Gasteiger partial charge < -0.3 is 51.8 Å². The van der Waals surface area contributed by atoms with Gasteiger partial charge in [-0.1, -0.05) is 0 Å². The van der Waals surface area contributed by atoms with Crippen molar-refractivity contribution in [3.8, 4) is 0 Å². The van der Waals surface area contributed by atoms with Crippen LogP contribution in [0.2, 0.25) is 0 Å². The maximum Gasteiger partial charge on any atom is 0.673 e. The van der Waals surface area contributed by atoms with Crippen molar-refractivity contribution in [3.63, 3.8) is 0 Å². The molecule has 0 bridgehead atoms. The van der Waals surface area contributed by atoms with E-state index in [9.17, 15) is 51.8 Å². The maximum absolute atomic E-state index is 9.75. The van der Waals surface area contributed by atoms with Gasteiger partial charge in [0.2, 0.25) is 0 Å². The lowest BCUT2D eigenvalue weighted by molar-refractivity contribution is 0.366. The third-order valence-corrected chi connectivity index (χ3v) is 0. The quantitative estimate of drug-likeness (QED) is 0.473. The first-order chi connectivity index (χ1) is 6.00. The molecule has 0 spiro atoms. The Labute approximate surface area is 109 Å². The van der Waals surface area contributed by atoms with Crippen molar-refractivity contribution in [2.75, 3.05) is 0 Å². The van der Waals surface area contributed by atoms with E-state index >= 15 is 0 Å². The van der Waals surface area contributed by atoms with Gasteiger partial charge in [0.05, 0.1) is 0 Å². The van der Waals surface area contributed by atoms with Crippen molar-refractivity contribution in [1.29, 1.82) is 0 Å². The molecule has 17 heavy (non-hydrogen) atoms. The van der Waals surface area contributed by atoms with E-state index < -0.39 is 21.8 Å². The van der Waals surface area contributed by atoms with Crippen molar-refractivity contribution in [2.24, 2.45) is 0 Å². The molecule has 0 heterocycles. The summed E-state index contributed by atoms with van der Waals surface area (Å²) in [6.07, 6.45) is 0. The van der Waals surface area contributed by atoms with Crippen LogP contribution >= 0.6 is 12.4 Å². The van der Waals surface area contributed by atoms with E-state index in [4.69, 9.17) is 0 Å². The molecule has 0 aliphatic carbocycles. The summed E-state index contributed by atoms with van der Waals surface area (Å²) in [5.41, 5.74) is 0. The number of hydrogen-bond acceptors (Lipinski definition) is 0. The van der Waals surface area contributed by atoms with Gasteiger partial charge in [0.1, 0.15) is 0 Å². The molecule has 0 nitrogen and oxygen atoms in total. The molecule has 17 heteroatoms. The summed E-state index contributed by atoms with van der Waals surface area (Å²) in [6, 6.07) is 0. The van der Waals surface area contributed by atoms with E-state index in [-0.39, 0.29) is 35.5 Å². The van der Waals surface area contributed by atoms with Gasteiger partial charge in [-0.3, -0.25) is 0 Å². The van der Waals surface area contributed by atoms with Crippen molar-refractivity contribution < 1.29 is 51.8 Å². The highest BCUT2D eigenvalue weighted by Gasteiger charge is 2.21. The molecule has 0 atom stereocenters. The van der Waals surface area contributed by atoms with Crippen molar-refractivity contribution >= 4 is 57.2 Å². The highest BCUT2D eigenvalue weighted by atomic mass is 35.5. The fourth-order valence-electron chi connectivity index (χ4n) is 0. The molecule has 0 fully saturated rings. The van der Waals surface area contributed by atoms with Crippen LogP contribution in [0.15, 0.2) is 0 Å². The topological polar surface area (TPSA) is 0 Å². The number of hydrogen-bond donors (Lipinski definition) is 0. The smallest absolute Gasteiger partial charge is 0.418 e. The van der Waals surface area contributed by atoms with E-state index in [1.54, 1.807) is 0 Å². The first kappa shape index (κ1) is 30.4. The van der Waals surface area contributed by atoms with Crippen LogP contribution < -0.4 is 0 Å². The second-order valence-corrected chi connectivity index (χ2v) is 1.48. The first-order valence-electron chi connectivity index (χ1n) is 2.62. The van der Waals surface area contributed by atoms with E-state index in [0.717, 1.165) is 0 Å². The van der Waals surface area contributed by atoms with Crippen LogP contribution in [0.25, 0.3) is 0 Å². The highest BCUT2D eigenvalue weighted by molar-refractivity contribution is 6.50. The van der Waals surface area contributed by atoms with Gasteiger partial charge in [0, 0.05) is 0 Å². The second kappa shape index (κ2) is 11.5. The maximum atomic E-state index is 9.75. The van der Waals surface area contributed by atoms with Crippen LogP contribution in [0.5, 0.6) is 0 Å². The Kier molecular flexibility index (Phi) is 20.6. The van der Waals surface area contributed by atoms with Crippen LogP contribution in [-0.2, 0) is 0 Å². The van der Waals surface area contributed by atoms with Gasteiger partial charge in [0.15, 0.2) is 0 Å². The Bertz CT molecular complexity index is 96.8. The van der Waals surface area contributed by atoms with Gasteiger partial charge in [-0.2, -0.15) is 0 Å². The Morgan fingerprint density at radius 2 is 0.353 bits per heavy atom. The molecule has 0 aliphatic rings. The summed E-state index contributed by atoms with van der Waals surface area (Å²) in [7, 11) is -18.0. The molecule has 0 aromatic carbocycles. The molecule has 108 valence electrons. The van der Waals surface area contributed by atoms with Crippen LogP contribution in [0.4, 0.5) is 51.8 Å². The summed E-state index contributed by atoms with van der Waals surface area (Å²) in [5, 5.41) is 0. The van der Waals surface area contributed by atoms with Crippen LogP contribution in [0.1, 0.15) is 0 Å². The normalized spacial score (nSPS) is 10.6. The van der Waals surface area contributed by atoms with Crippen molar-refractivity contribution in [3.05, 3.63) is 0 Å². The fraction of sp³-hybridized carbons (Fsp3) is 0. The van der Waals surface area contributed by atoms with Gasteiger partial charge >= 0.3 is 44.8 Å². The molecule has 0 aromatic rings. The molecule has 0 N–H and O–H groups in total. The number of rotatable bonds is 0. The SMILES string of the molecule is Cl.F[B-](F)(F)F.F[B-](F)(F)F.F[B-](F)(F)F.[MgH2]. The average Bonchev–Trinajstić information content (AvgIpc) is 1.41. The lowest BCUT2D eigenvalue weighted by Gasteiger charge is -1.94. The molecule has 0 saturated heterocycles. The van der Waals surface area contributed by atoms with Crippen LogP contribution in [-0.4, -0.2) is 44.8 Å². The minimum absolute atomic E-state index is 0. The Morgan fingerprint density at radius 1 is 0.353 bits per heavy atom. The lowest BCUT2D eigenvalue weighted by Crippen LogP contribution is -2.02. The molecular formula is H3B3ClF12Mg-3. The summed E-state index contributed by atoms with van der Waals surface area (Å²) in [5.74, 6) is 0. The predicted molar refractivity (Wildman–Crippen MR) is 46.4 cm³/mol. The van der Waals surface area contributed by atoms with Crippen LogP contribution in [0.3, 0.4) is 0 Å². The lowest BCUT2D eigenvalue weighted by atomic mass is 10.3. The minimum atomic E-state index is -6.00. The van der Waals surface area contributed by atoms with Gasteiger partial charge in [-0.15, -0.1) is 12.4 Å². The molecule has 0 aromatic heterocycles. The minimum Gasteiger partial charge on any atom is -0.418 e. The van der Waals surface area contributed by atoms with E-state index in [1.807, 2.05) is 0 Å². The van der Waals surface area contributed by atoms with Gasteiger partial charge in [-0.05, 0) is 0 Å². The summed E-state index contributed by atoms with van der Waals surface area (Å²) < 4.78 is 117. The summed E-state index contributed by atoms with van der Waals surface area (Å²) >= 11 is 0. The molecular weight excluding hydrogens is 320 g/mol. The Hall–Kier alpha value is 0.411. The van der Waals surface area contributed by atoms with Gasteiger partial charge in [0.25, 0.3) is 0 Å². The molecule has 0 saturated carbocycles. The number of halogens is 13. The summed E-state index contributed by atoms with van der Waals surface area (Å²) in [4.78, 5) is 0. The molecule has 0 radical (unpaired) electrons. The zero-order valence-electron chi connectivity index (χ0n) is 6.68. The predicted octanol–water partition coefficient (Wildman–Crippen LogP) is 3.41. The first-order valence-corrected chi connectivity index (χ1v) is 2.62. The van der Waals surface area contributed by atoms with Crippen LogP contribution in [0, 0.1) is 0 Å². The zero-order valence-corrected chi connectivity index (χ0v) is 7.49. The Morgan fingerprint density at radius 3 is 0.353 bits per heavy atom. The highest BCUT2D eigenvalue weighted by Crippen LogP contribution is 2.07.